The topological polar surface area (TPSA) is 76.5 Å². The van der Waals surface area contributed by atoms with Crippen LogP contribution in [0.4, 0.5) is 19.1 Å². The number of ether oxygens (including phenoxy) is 1. The van der Waals surface area contributed by atoms with E-state index in [2.05, 4.69) is 10.3 Å². The van der Waals surface area contributed by atoms with Gasteiger partial charge in [0.2, 0.25) is 11.9 Å². The summed E-state index contributed by atoms with van der Waals surface area (Å²) in [5.41, 5.74) is 2.18. The number of hydrogen-bond acceptors (Lipinski definition) is 4. The van der Waals surface area contributed by atoms with Gasteiger partial charge in [0.25, 0.3) is 5.91 Å². The molecule has 0 unspecified atom stereocenters. The highest BCUT2D eigenvalue weighted by Gasteiger charge is 2.30. The Labute approximate surface area is 235 Å². The fourth-order valence-electron chi connectivity index (χ4n) is 4.80. The Morgan fingerprint density at radius 3 is 2.39 bits per heavy atom. The van der Waals surface area contributed by atoms with Crippen LogP contribution in [0.3, 0.4) is 0 Å². The van der Waals surface area contributed by atoms with Crippen molar-refractivity contribution in [3.05, 3.63) is 102 Å². The third-order valence-corrected chi connectivity index (χ3v) is 6.94. The van der Waals surface area contributed by atoms with Gasteiger partial charge in [0.05, 0.1) is 17.4 Å². The van der Waals surface area contributed by atoms with Crippen LogP contribution >= 0.6 is 0 Å². The summed E-state index contributed by atoms with van der Waals surface area (Å²) in [7, 11) is 0. The second kappa shape index (κ2) is 12.0. The molecule has 1 atom stereocenters. The lowest BCUT2D eigenvalue weighted by Gasteiger charge is -2.25. The van der Waals surface area contributed by atoms with E-state index in [0.29, 0.717) is 23.6 Å². The van der Waals surface area contributed by atoms with E-state index in [1.54, 1.807) is 18.3 Å². The zero-order valence-corrected chi connectivity index (χ0v) is 22.4. The molecule has 0 saturated carbocycles. The Balaban J connectivity index is 1.43. The van der Waals surface area contributed by atoms with Gasteiger partial charge in [0, 0.05) is 36.2 Å². The number of hydrogen-bond donors (Lipinski definition) is 1. The predicted octanol–water partition coefficient (Wildman–Crippen LogP) is 6.13. The van der Waals surface area contributed by atoms with Crippen molar-refractivity contribution in [1.29, 1.82) is 0 Å². The van der Waals surface area contributed by atoms with Crippen molar-refractivity contribution in [2.75, 3.05) is 25.0 Å². The molecule has 5 rings (SSSR count). The van der Waals surface area contributed by atoms with Gasteiger partial charge in [0.15, 0.2) is 0 Å². The van der Waals surface area contributed by atoms with Crippen LogP contribution in [0, 0.1) is 6.92 Å². The number of carbonyl (C=O) groups excluding carboxylic acids is 2. The lowest BCUT2D eigenvalue weighted by Crippen LogP contribution is -2.42. The van der Waals surface area contributed by atoms with E-state index in [9.17, 15) is 22.8 Å². The van der Waals surface area contributed by atoms with Gasteiger partial charge in [-0.25, -0.2) is 4.98 Å². The molecule has 1 N–H and O–H groups in total. The number of nitrogens with zero attached hydrogens (tertiary/aromatic N) is 3. The lowest BCUT2D eigenvalue weighted by atomic mass is 10.1. The smallest absolute Gasteiger partial charge is 0.376 e. The van der Waals surface area contributed by atoms with Crippen molar-refractivity contribution in [2.45, 2.75) is 32.0 Å². The molecule has 2 amide bonds. The highest BCUT2D eigenvalue weighted by molar-refractivity contribution is 6.00. The van der Waals surface area contributed by atoms with E-state index >= 15 is 0 Å². The van der Waals surface area contributed by atoms with Crippen molar-refractivity contribution in [3.63, 3.8) is 0 Å². The molecule has 0 aliphatic carbocycles. The van der Waals surface area contributed by atoms with Crippen LogP contribution in [0.1, 0.15) is 34.3 Å². The number of benzene rings is 3. The monoisotopic (exact) mass is 562 g/mol. The third kappa shape index (κ3) is 6.66. The summed E-state index contributed by atoms with van der Waals surface area (Å²) in [5, 5.41) is 2.78. The minimum atomic E-state index is -4.48. The number of aryl methyl sites for hydroxylation is 1. The zero-order chi connectivity index (χ0) is 29.0. The number of aromatic nitrogens is 2. The molecule has 1 aliphatic rings. The highest BCUT2D eigenvalue weighted by Crippen LogP contribution is 2.31. The van der Waals surface area contributed by atoms with E-state index in [4.69, 9.17) is 4.74 Å². The molecule has 4 aromatic rings. The van der Waals surface area contributed by atoms with E-state index in [-0.39, 0.29) is 31.0 Å². The second-order valence-electron chi connectivity index (χ2n) is 9.91. The second-order valence-corrected chi connectivity index (χ2v) is 9.91. The number of anilines is 1. The standard InChI is InChI=1S/C31H29F3N4O3/c1-21-8-5-6-12-26(21)29(40)37(18-25-11-7-17-41-25)20-28(39)36-30-35-27(22-9-3-2-4-10-22)19-38(30)24-15-13-23(14-16-24)31(32,33)34/h2-6,8-10,12-16,19,25H,7,11,17-18,20H2,1H3,(H,35,36,39)/t25-/m1/s1. The molecule has 0 spiro atoms. The maximum Gasteiger partial charge on any atom is 0.416 e. The summed E-state index contributed by atoms with van der Waals surface area (Å²) in [5.74, 6) is -0.665. The number of alkyl halides is 3. The summed E-state index contributed by atoms with van der Waals surface area (Å²) >= 11 is 0. The Morgan fingerprint density at radius 2 is 1.73 bits per heavy atom. The molecule has 7 nitrogen and oxygen atoms in total. The van der Waals surface area contributed by atoms with E-state index in [0.717, 1.165) is 36.1 Å². The van der Waals surface area contributed by atoms with Gasteiger partial charge in [-0.1, -0.05) is 48.5 Å². The molecule has 1 fully saturated rings. The fraction of sp³-hybridized carbons (Fsp3) is 0.258. The first-order chi connectivity index (χ1) is 19.7. The van der Waals surface area contributed by atoms with Crippen LogP contribution in [-0.2, 0) is 15.7 Å². The number of nitrogens with one attached hydrogen (secondary N) is 1. The predicted molar refractivity (Wildman–Crippen MR) is 149 cm³/mol. The summed E-state index contributed by atoms with van der Waals surface area (Å²) in [6, 6.07) is 21.0. The molecule has 0 radical (unpaired) electrons. The summed E-state index contributed by atoms with van der Waals surface area (Å²) in [6.07, 6.45) is -1.32. The summed E-state index contributed by atoms with van der Waals surface area (Å²) in [6.45, 7) is 2.44. The molecule has 2 heterocycles. The molecule has 41 heavy (non-hydrogen) atoms. The van der Waals surface area contributed by atoms with Crippen molar-refractivity contribution in [3.8, 4) is 16.9 Å². The molecule has 1 saturated heterocycles. The minimum Gasteiger partial charge on any atom is -0.376 e. The average molecular weight is 563 g/mol. The van der Waals surface area contributed by atoms with Crippen LogP contribution in [0.2, 0.25) is 0 Å². The summed E-state index contributed by atoms with van der Waals surface area (Å²) < 4.78 is 46.7. The quantitative estimate of drug-likeness (QED) is 0.281. The first-order valence-electron chi connectivity index (χ1n) is 13.3. The van der Waals surface area contributed by atoms with E-state index in [1.807, 2.05) is 49.4 Å². The molecule has 1 aliphatic heterocycles. The third-order valence-electron chi connectivity index (χ3n) is 6.94. The molecular weight excluding hydrogens is 533 g/mol. The average Bonchev–Trinajstić information content (AvgIpc) is 3.63. The summed E-state index contributed by atoms with van der Waals surface area (Å²) in [4.78, 5) is 32.9. The molecule has 1 aromatic heterocycles. The molecule has 0 bridgehead atoms. The first-order valence-corrected chi connectivity index (χ1v) is 13.3. The largest absolute Gasteiger partial charge is 0.416 e. The Morgan fingerprint density at radius 1 is 1.02 bits per heavy atom. The van der Waals surface area contributed by atoms with Gasteiger partial charge in [-0.15, -0.1) is 0 Å². The van der Waals surface area contributed by atoms with E-state index < -0.39 is 17.6 Å². The maximum absolute atomic E-state index is 13.5. The number of imidazole rings is 1. The van der Waals surface area contributed by atoms with Crippen LogP contribution in [-0.4, -0.2) is 52.1 Å². The van der Waals surface area contributed by atoms with Gasteiger partial charge >= 0.3 is 6.18 Å². The first kappa shape index (κ1) is 28.1. The van der Waals surface area contributed by atoms with Gasteiger partial charge < -0.3 is 9.64 Å². The van der Waals surface area contributed by atoms with Gasteiger partial charge in [-0.2, -0.15) is 13.2 Å². The zero-order valence-electron chi connectivity index (χ0n) is 22.4. The van der Waals surface area contributed by atoms with Crippen molar-refractivity contribution >= 4 is 17.8 Å². The van der Waals surface area contributed by atoms with Crippen molar-refractivity contribution in [1.82, 2.24) is 14.5 Å². The van der Waals surface area contributed by atoms with Gasteiger partial charge in [0.1, 0.15) is 6.54 Å². The Kier molecular flexibility index (Phi) is 8.21. The fourth-order valence-corrected chi connectivity index (χ4v) is 4.80. The van der Waals surface area contributed by atoms with Crippen LogP contribution < -0.4 is 5.32 Å². The highest BCUT2D eigenvalue weighted by atomic mass is 19.4. The number of amides is 2. The minimum absolute atomic E-state index is 0.119. The van der Waals surface area contributed by atoms with Crippen LogP contribution in [0.25, 0.3) is 16.9 Å². The Hall–Kier alpha value is -4.44. The maximum atomic E-state index is 13.5. The van der Waals surface area contributed by atoms with Gasteiger partial charge in [-0.3, -0.25) is 19.5 Å². The van der Waals surface area contributed by atoms with Crippen molar-refractivity contribution < 1.29 is 27.5 Å². The Bertz CT molecular complexity index is 1510. The van der Waals surface area contributed by atoms with Crippen molar-refractivity contribution in [2.24, 2.45) is 0 Å². The SMILES string of the molecule is Cc1ccccc1C(=O)N(CC(=O)Nc1nc(-c2ccccc2)cn1-c1ccc(C(F)(F)F)cc1)C[C@H]1CCCO1. The van der Waals surface area contributed by atoms with Crippen LogP contribution in [0.15, 0.2) is 85.1 Å². The van der Waals surface area contributed by atoms with E-state index in [1.165, 1.54) is 21.6 Å². The number of halogens is 3. The number of carbonyl (C=O) groups is 2. The van der Waals surface area contributed by atoms with Gasteiger partial charge in [-0.05, 0) is 55.7 Å². The molecule has 212 valence electrons. The normalized spacial score (nSPS) is 15.1. The van der Waals surface area contributed by atoms with Crippen LogP contribution in [0.5, 0.6) is 0 Å². The molecule has 3 aromatic carbocycles. The molecule has 10 heteroatoms. The number of rotatable bonds is 8. The lowest BCUT2D eigenvalue weighted by molar-refractivity contribution is -0.137. The molecular formula is C31H29F3N4O3.